The van der Waals surface area contributed by atoms with Crippen LogP contribution in [0.1, 0.15) is 18.4 Å². The van der Waals surface area contributed by atoms with Crippen molar-refractivity contribution in [2.24, 2.45) is 5.10 Å². The Morgan fingerprint density at radius 2 is 1.95 bits per heavy atom. The maximum atomic E-state index is 5.85. The lowest BCUT2D eigenvalue weighted by Crippen LogP contribution is -2.20. The highest BCUT2D eigenvalue weighted by molar-refractivity contribution is 9.10. The lowest BCUT2D eigenvalue weighted by atomic mass is 10.2. The molecule has 1 aromatic heterocycles. The number of aromatic nitrogens is 2. The minimum atomic E-state index is 0.655. The average Bonchev–Trinajstić information content (AvgIpc) is 3.05. The zero-order valence-corrected chi connectivity index (χ0v) is 14.2. The summed E-state index contributed by atoms with van der Waals surface area (Å²) < 4.78 is 0.781. The van der Waals surface area contributed by atoms with Crippen LogP contribution in [0.4, 0.5) is 11.8 Å². The lowest BCUT2D eigenvalue weighted by Gasteiger charge is -2.15. The first-order valence-electron chi connectivity index (χ1n) is 7.04. The number of halogens is 2. The second-order valence-electron chi connectivity index (χ2n) is 4.98. The van der Waals surface area contributed by atoms with Gasteiger partial charge in [-0.25, -0.2) is 4.98 Å². The van der Waals surface area contributed by atoms with Crippen LogP contribution in [0.2, 0.25) is 5.02 Å². The highest BCUT2D eigenvalue weighted by Crippen LogP contribution is 2.23. The molecular weight excluding hydrogens is 366 g/mol. The first-order chi connectivity index (χ1) is 10.7. The fourth-order valence-corrected chi connectivity index (χ4v) is 2.63. The van der Waals surface area contributed by atoms with Gasteiger partial charge < -0.3 is 4.90 Å². The van der Waals surface area contributed by atoms with E-state index in [4.69, 9.17) is 11.6 Å². The van der Waals surface area contributed by atoms with E-state index >= 15 is 0 Å². The molecule has 0 aliphatic carbocycles. The zero-order valence-electron chi connectivity index (χ0n) is 11.8. The van der Waals surface area contributed by atoms with Gasteiger partial charge in [-0.1, -0.05) is 23.7 Å². The third kappa shape index (κ3) is 3.75. The van der Waals surface area contributed by atoms with E-state index in [0.717, 1.165) is 29.1 Å². The summed E-state index contributed by atoms with van der Waals surface area (Å²) in [5.41, 5.74) is 3.91. The van der Waals surface area contributed by atoms with Crippen molar-refractivity contribution in [1.29, 1.82) is 0 Å². The summed E-state index contributed by atoms with van der Waals surface area (Å²) in [5, 5.41) is 4.92. The summed E-state index contributed by atoms with van der Waals surface area (Å²) in [4.78, 5) is 11.1. The number of rotatable bonds is 4. The highest BCUT2D eigenvalue weighted by Gasteiger charge is 2.16. The van der Waals surface area contributed by atoms with Gasteiger partial charge >= 0.3 is 0 Å². The van der Waals surface area contributed by atoms with Gasteiger partial charge in [-0.05, 0) is 46.5 Å². The Bertz CT molecular complexity index is 668. The summed E-state index contributed by atoms with van der Waals surface area (Å²) in [7, 11) is 0. The molecule has 0 radical (unpaired) electrons. The summed E-state index contributed by atoms with van der Waals surface area (Å²) in [6, 6.07) is 7.46. The van der Waals surface area contributed by atoms with E-state index in [1.807, 2.05) is 24.3 Å². The first kappa shape index (κ1) is 15.2. The van der Waals surface area contributed by atoms with E-state index in [9.17, 15) is 0 Å². The zero-order chi connectivity index (χ0) is 15.4. The van der Waals surface area contributed by atoms with Crippen molar-refractivity contribution in [2.45, 2.75) is 12.8 Å². The Balaban J connectivity index is 1.71. The van der Waals surface area contributed by atoms with Gasteiger partial charge in [0, 0.05) is 24.3 Å². The van der Waals surface area contributed by atoms with Crippen LogP contribution in [-0.2, 0) is 0 Å². The Labute approximate surface area is 142 Å². The van der Waals surface area contributed by atoms with Crippen LogP contribution in [0.3, 0.4) is 0 Å². The van der Waals surface area contributed by atoms with Gasteiger partial charge in [-0.15, -0.1) is 0 Å². The largest absolute Gasteiger partial charge is 0.341 e. The molecule has 0 bridgehead atoms. The molecule has 0 spiro atoms. The van der Waals surface area contributed by atoms with Crippen molar-refractivity contribution >= 4 is 45.5 Å². The summed E-state index contributed by atoms with van der Waals surface area (Å²) in [6.45, 7) is 2.02. The van der Waals surface area contributed by atoms with Gasteiger partial charge in [0.15, 0.2) is 5.82 Å². The number of anilines is 2. The van der Waals surface area contributed by atoms with Crippen molar-refractivity contribution in [3.05, 3.63) is 45.5 Å². The summed E-state index contributed by atoms with van der Waals surface area (Å²) in [6.07, 6.45) is 5.86. The molecule has 22 heavy (non-hydrogen) atoms. The molecule has 1 saturated heterocycles. The van der Waals surface area contributed by atoms with Crippen molar-refractivity contribution < 1.29 is 0 Å². The van der Waals surface area contributed by atoms with Gasteiger partial charge in [-0.2, -0.15) is 10.1 Å². The van der Waals surface area contributed by atoms with Crippen molar-refractivity contribution in [2.75, 3.05) is 23.4 Å². The molecule has 0 amide bonds. The topological polar surface area (TPSA) is 53.4 Å². The SMILES string of the molecule is Clc1ccc(/C=N/Nc2nc(N3CCCC3)ncc2Br)cc1. The van der Waals surface area contributed by atoms with Crippen LogP contribution in [0, 0.1) is 0 Å². The molecule has 2 heterocycles. The second kappa shape index (κ2) is 7.07. The number of hydrazone groups is 1. The minimum absolute atomic E-state index is 0.655. The molecule has 5 nitrogen and oxygen atoms in total. The molecule has 3 rings (SSSR count). The summed E-state index contributed by atoms with van der Waals surface area (Å²) >= 11 is 9.29. The third-order valence-electron chi connectivity index (χ3n) is 3.37. The van der Waals surface area contributed by atoms with Crippen LogP contribution in [0.25, 0.3) is 0 Å². The Kier molecular flexibility index (Phi) is 4.90. The number of nitrogens with one attached hydrogen (secondary N) is 1. The number of nitrogens with zero attached hydrogens (tertiary/aromatic N) is 4. The quantitative estimate of drug-likeness (QED) is 0.645. The smallest absolute Gasteiger partial charge is 0.227 e. The van der Waals surface area contributed by atoms with Gasteiger partial charge in [0.1, 0.15) is 0 Å². The Morgan fingerprint density at radius 1 is 1.23 bits per heavy atom. The maximum absolute atomic E-state index is 5.85. The molecule has 0 unspecified atom stereocenters. The molecule has 1 N–H and O–H groups in total. The molecule has 7 heteroatoms. The van der Waals surface area contributed by atoms with Crippen LogP contribution in [0.5, 0.6) is 0 Å². The molecule has 2 aromatic rings. The standard InChI is InChI=1S/C15H15BrClN5/c16-13-10-18-15(22-7-1-2-8-22)20-14(13)21-19-9-11-3-5-12(17)6-4-11/h3-6,9-10H,1-2,7-8H2,(H,18,20,21)/b19-9+. The van der Waals surface area contributed by atoms with Crippen LogP contribution in [0.15, 0.2) is 40.0 Å². The van der Waals surface area contributed by atoms with E-state index < -0.39 is 0 Å². The predicted octanol–water partition coefficient (Wildman–Crippen LogP) is 3.94. The van der Waals surface area contributed by atoms with Crippen LogP contribution >= 0.6 is 27.5 Å². The van der Waals surface area contributed by atoms with E-state index in [0.29, 0.717) is 10.8 Å². The minimum Gasteiger partial charge on any atom is -0.341 e. The van der Waals surface area contributed by atoms with Crippen LogP contribution in [-0.4, -0.2) is 29.3 Å². The van der Waals surface area contributed by atoms with Crippen LogP contribution < -0.4 is 10.3 Å². The molecule has 0 saturated carbocycles. The first-order valence-corrected chi connectivity index (χ1v) is 8.21. The highest BCUT2D eigenvalue weighted by atomic mass is 79.9. The fourth-order valence-electron chi connectivity index (χ4n) is 2.22. The molecule has 114 valence electrons. The van der Waals surface area contributed by atoms with Gasteiger partial charge in [-0.3, -0.25) is 5.43 Å². The van der Waals surface area contributed by atoms with E-state index in [1.165, 1.54) is 12.8 Å². The Hall–Kier alpha value is -1.66. The summed E-state index contributed by atoms with van der Waals surface area (Å²) in [5.74, 6) is 1.40. The molecule has 1 fully saturated rings. The molecule has 0 atom stereocenters. The number of benzene rings is 1. The second-order valence-corrected chi connectivity index (χ2v) is 6.27. The van der Waals surface area contributed by atoms with E-state index in [-0.39, 0.29) is 0 Å². The van der Waals surface area contributed by atoms with Gasteiger partial charge in [0.05, 0.1) is 10.7 Å². The molecular formula is C15H15BrClN5. The fraction of sp³-hybridized carbons (Fsp3) is 0.267. The van der Waals surface area contributed by atoms with Crippen molar-refractivity contribution in [3.8, 4) is 0 Å². The predicted molar refractivity (Wildman–Crippen MR) is 93.8 cm³/mol. The average molecular weight is 381 g/mol. The van der Waals surface area contributed by atoms with Gasteiger partial charge in [0.25, 0.3) is 0 Å². The van der Waals surface area contributed by atoms with Crippen molar-refractivity contribution in [1.82, 2.24) is 9.97 Å². The molecule has 1 aliphatic heterocycles. The monoisotopic (exact) mass is 379 g/mol. The Morgan fingerprint density at radius 3 is 2.68 bits per heavy atom. The van der Waals surface area contributed by atoms with Crippen molar-refractivity contribution in [3.63, 3.8) is 0 Å². The third-order valence-corrected chi connectivity index (χ3v) is 4.21. The normalized spacial score (nSPS) is 14.7. The van der Waals surface area contributed by atoms with E-state index in [2.05, 4.69) is 41.3 Å². The molecule has 1 aromatic carbocycles. The van der Waals surface area contributed by atoms with Gasteiger partial charge in [0.2, 0.25) is 5.95 Å². The lowest BCUT2D eigenvalue weighted by molar-refractivity contribution is 0.896. The maximum Gasteiger partial charge on any atom is 0.227 e. The molecule has 1 aliphatic rings. The van der Waals surface area contributed by atoms with E-state index in [1.54, 1.807) is 12.4 Å². The number of hydrogen-bond acceptors (Lipinski definition) is 5. The number of hydrogen-bond donors (Lipinski definition) is 1.